The Morgan fingerprint density at radius 3 is 1.84 bits per heavy atom. The predicted octanol–water partition coefficient (Wildman–Crippen LogP) is 6.05. The summed E-state index contributed by atoms with van der Waals surface area (Å²) in [4.78, 5) is 0. The molecule has 19 heavy (non-hydrogen) atoms. The van der Waals surface area contributed by atoms with Gasteiger partial charge in [-0.1, -0.05) is 55.4 Å². The molecule has 0 fully saturated rings. The number of rotatable bonds is 1. The molecule has 0 aromatic heterocycles. The zero-order chi connectivity index (χ0) is 15.9. The van der Waals surface area contributed by atoms with E-state index >= 15 is 0 Å². The summed E-state index contributed by atoms with van der Waals surface area (Å²) in [5, 5.41) is 0. The highest BCUT2D eigenvalue weighted by Crippen LogP contribution is 2.49. The highest BCUT2D eigenvalue weighted by Gasteiger charge is 2.52. The second-order valence-electron chi connectivity index (χ2n) is 5.18. The summed E-state index contributed by atoms with van der Waals surface area (Å²) in [6.45, 7) is 16.8. The fourth-order valence-corrected chi connectivity index (χ4v) is 2.05. The molecule has 0 aliphatic carbocycles. The lowest BCUT2D eigenvalue weighted by Gasteiger charge is -2.35. The molecule has 0 saturated heterocycles. The number of hydrogen-bond donors (Lipinski definition) is 0. The van der Waals surface area contributed by atoms with E-state index in [-0.39, 0.29) is 11.5 Å². The first-order chi connectivity index (χ1) is 8.70. The van der Waals surface area contributed by atoms with Gasteiger partial charge in [0.05, 0.1) is 12.4 Å². The maximum absolute atomic E-state index is 14.3. The first kappa shape index (κ1) is 20.7. The molecule has 1 aliphatic heterocycles. The summed E-state index contributed by atoms with van der Waals surface area (Å²) in [5.74, 6) is -2.56. The van der Waals surface area contributed by atoms with Crippen molar-refractivity contribution in [1.82, 2.24) is 0 Å². The molecule has 0 amide bonds. The van der Waals surface area contributed by atoms with Crippen LogP contribution in [0.1, 0.15) is 68.7 Å². The third kappa shape index (κ3) is 4.77. The quantitative estimate of drug-likeness (QED) is 0.567. The van der Waals surface area contributed by atoms with Crippen LogP contribution in [-0.4, -0.2) is 12.5 Å². The standard InChI is InChI=1S/C12H20F2O.2C2H6/c1-8(2)10-9(3)15-7-6-11(4,5)12(10,13)14;2*1-2/h8H,6-7H2,1-5H3;2*1-2H3. The average molecular weight is 278 g/mol. The zero-order valence-corrected chi connectivity index (χ0v) is 14.2. The molecule has 0 radical (unpaired) electrons. The molecule has 3 heteroatoms. The second-order valence-corrected chi connectivity index (χ2v) is 5.18. The van der Waals surface area contributed by atoms with Crippen molar-refractivity contribution in [2.24, 2.45) is 11.3 Å². The smallest absolute Gasteiger partial charge is 0.278 e. The fourth-order valence-electron chi connectivity index (χ4n) is 2.05. The van der Waals surface area contributed by atoms with Crippen molar-refractivity contribution in [2.75, 3.05) is 6.61 Å². The van der Waals surface area contributed by atoms with Crippen molar-refractivity contribution in [2.45, 2.75) is 74.7 Å². The molecule has 1 rings (SSSR count). The maximum Gasteiger partial charge on any atom is 0.278 e. The Kier molecular flexibility index (Phi) is 9.32. The summed E-state index contributed by atoms with van der Waals surface area (Å²) < 4.78 is 33.9. The van der Waals surface area contributed by atoms with E-state index in [1.165, 1.54) is 0 Å². The first-order valence-corrected chi connectivity index (χ1v) is 7.42. The molecule has 0 unspecified atom stereocenters. The Morgan fingerprint density at radius 2 is 1.47 bits per heavy atom. The zero-order valence-electron chi connectivity index (χ0n) is 14.2. The van der Waals surface area contributed by atoms with E-state index in [1.807, 2.05) is 27.7 Å². The van der Waals surface area contributed by atoms with Crippen LogP contribution in [-0.2, 0) is 4.74 Å². The average Bonchev–Trinajstić information content (AvgIpc) is 2.39. The number of ether oxygens (including phenoxy) is 1. The third-order valence-electron chi connectivity index (χ3n) is 3.19. The topological polar surface area (TPSA) is 9.23 Å². The van der Waals surface area contributed by atoms with Gasteiger partial charge in [-0.3, -0.25) is 0 Å². The van der Waals surface area contributed by atoms with Crippen molar-refractivity contribution >= 4 is 0 Å². The number of hydrogen-bond acceptors (Lipinski definition) is 1. The van der Waals surface area contributed by atoms with Crippen LogP contribution < -0.4 is 0 Å². The van der Waals surface area contributed by atoms with Gasteiger partial charge in [0.2, 0.25) is 0 Å². The van der Waals surface area contributed by atoms with Crippen LogP contribution in [0.4, 0.5) is 8.78 Å². The lowest BCUT2D eigenvalue weighted by atomic mass is 9.76. The molecule has 0 N–H and O–H groups in total. The van der Waals surface area contributed by atoms with E-state index in [1.54, 1.807) is 34.6 Å². The monoisotopic (exact) mass is 278 g/mol. The molecule has 0 aromatic carbocycles. The minimum Gasteiger partial charge on any atom is -0.498 e. The van der Waals surface area contributed by atoms with Gasteiger partial charge in [-0.15, -0.1) is 0 Å². The molecule has 1 nitrogen and oxygen atoms in total. The molecule has 0 atom stereocenters. The maximum atomic E-state index is 14.3. The van der Waals surface area contributed by atoms with E-state index in [0.29, 0.717) is 18.8 Å². The van der Waals surface area contributed by atoms with Gasteiger partial charge in [0.25, 0.3) is 5.92 Å². The van der Waals surface area contributed by atoms with Crippen molar-refractivity contribution in [3.8, 4) is 0 Å². The van der Waals surface area contributed by atoms with Gasteiger partial charge in [0.1, 0.15) is 0 Å². The Hall–Kier alpha value is -0.600. The molecule has 0 spiro atoms. The van der Waals surface area contributed by atoms with Crippen LogP contribution >= 0.6 is 0 Å². The Labute approximate surface area is 118 Å². The second kappa shape index (κ2) is 8.55. The minimum absolute atomic E-state index is 0.157. The van der Waals surface area contributed by atoms with E-state index < -0.39 is 11.3 Å². The van der Waals surface area contributed by atoms with Crippen LogP contribution in [0.2, 0.25) is 0 Å². The number of halogens is 2. The molecular weight excluding hydrogens is 246 g/mol. The van der Waals surface area contributed by atoms with Gasteiger partial charge in [-0.25, -0.2) is 8.78 Å². The lowest BCUT2D eigenvalue weighted by Crippen LogP contribution is -2.39. The van der Waals surface area contributed by atoms with Gasteiger partial charge < -0.3 is 4.74 Å². The molecule has 0 bridgehead atoms. The van der Waals surface area contributed by atoms with Gasteiger partial charge in [-0.05, 0) is 19.3 Å². The van der Waals surface area contributed by atoms with Crippen LogP contribution in [0.5, 0.6) is 0 Å². The molecule has 1 aliphatic rings. The van der Waals surface area contributed by atoms with Crippen molar-refractivity contribution < 1.29 is 13.5 Å². The summed E-state index contributed by atoms with van der Waals surface area (Å²) in [6, 6.07) is 0. The van der Waals surface area contributed by atoms with E-state index in [2.05, 4.69) is 0 Å². The summed E-state index contributed by atoms with van der Waals surface area (Å²) in [5.41, 5.74) is -0.866. The molecule has 0 saturated carbocycles. The Bertz CT molecular complexity index is 278. The van der Waals surface area contributed by atoms with E-state index in [0.717, 1.165) is 0 Å². The highest BCUT2D eigenvalue weighted by molar-refractivity contribution is 5.23. The summed E-state index contributed by atoms with van der Waals surface area (Å²) in [7, 11) is 0. The third-order valence-corrected chi connectivity index (χ3v) is 3.19. The van der Waals surface area contributed by atoms with Crippen LogP contribution in [0.15, 0.2) is 11.3 Å². The van der Waals surface area contributed by atoms with Gasteiger partial charge in [0, 0.05) is 11.0 Å². The molecule has 1 heterocycles. The number of allylic oxidation sites excluding steroid dienone is 2. The highest BCUT2D eigenvalue weighted by atomic mass is 19.3. The molecule has 116 valence electrons. The van der Waals surface area contributed by atoms with E-state index in [4.69, 9.17) is 4.74 Å². The van der Waals surface area contributed by atoms with Crippen molar-refractivity contribution in [3.05, 3.63) is 11.3 Å². The van der Waals surface area contributed by atoms with Crippen molar-refractivity contribution in [1.29, 1.82) is 0 Å². The van der Waals surface area contributed by atoms with Gasteiger partial charge >= 0.3 is 0 Å². The lowest BCUT2D eigenvalue weighted by molar-refractivity contribution is -0.0793. The summed E-state index contributed by atoms with van der Waals surface area (Å²) in [6.07, 6.45) is 0.382. The Morgan fingerprint density at radius 1 is 1.05 bits per heavy atom. The van der Waals surface area contributed by atoms with Crippen LogP contribution in [0.25, 0.3) is 0 Å². The molecular formula is C16H32F2O. The largest absolute Gasteiger partial charge is 0.498 e. The summed E-state index contributed by atoms with van der Waals surface area (Å²) >= 11 is 0. The van der Waals surface area contributed by atoms with Crippen molar-refractivity contribution in [3.63, 3.8) is 0 Å². The SMILES string of the molecule is CC.CC.CC1=C(C(C)C)C(F)(F)C(C)(C)CCO1. The number of alkyl halides is 2. The van der Waals surface area contributed by atoms with Gasteiger partial charge in [0.15, 0.2) is 0 Å². The van der Waals surface area contributed by atoms with Gasteiger partial charge in [-0.2, -0.15) is 0 Å². The van der Waals surface area contributed by atoms with Crippen LogP contribution in [0.3, 0.4) is 0 Å². The first-order valence-electron chi connectivity index (χ1n) is 7.42. The Balaban J connectivity index is 0. The normalized spacial score (nSPS) is 20.4. The van der Waals surface area contributed by atoms with Crippen LogP contribution in [0, 0.1) is 11.3 Å². The molecule has 0 aromatic rings. The van der Waals surface area contributed by atoms with E-state index in [9.17, 15) is 8.78 Å². The predicted molar refractivity (Wildman–Crippen MR) is 79.5 cm³/mol. The fraction of sp³-hybridized carbons (Fsp3) is 0.875. The minimum atomic E-state index is -2.78.